The molecule has 0 aliphatic carbocycles. The summed E-state index contributed by atoms with van der Waals surface area (Å²) in [5.41, 5.74) is 3.08. The van der Waals surface area contributed by atoms with Gasteiger partial charge in [-0.3, -0.25) is 4.79 Å². The van der Waals surface area contributed by atoms with Crippen molar-refractivity contribution in [3.63, 3.8) is 0 Å². The molecular weight excluding hydrogens is 250 g/mol. The van der Waals surface area contributed by atoms with Crippen molar-refractivity contribution in [2.24, 2.45) is 0 Å². The summed E-state index contributed by atoms with van der Waals surface area (Å²) in [6.45, 7) is 0. The van der Waals surface area contributed by atoms with Crippen molar-refractivity contribution in [3.05, 3.63) is 59.7 Å². The number of hydrogen-bond donors (Lipinski definition) is 1. The van der Waals surface area contributed by atoms with Crippen molar-refractivity contribution in [2.45, 2.75) is 18.9 Å². The topological polar surface area (TPSA) is 38.3 Å². The van der Waals surface area contributed by atoms with Crippen LogP contribution < -0.4 is 10.1 Å². The lowest BCUT2D eigenvalue weighted by molar-refractivity contribution is 0.0964. The van der Waals surface area contributed by atoms with Gasteiger partial charge >= 0.3 is 0 Å². The summed E-state index contributed by atoms with van der Waals surface area (Å²) in [6.07, 6.45) is 1.78. The Morgan fingerprint density at radius 3 is 2.65 bits per heavy atom. The van der Waals surface area contributed by atoms with Crippen LogP contribution in [0, 0.1) is 0 Å². The molecule has 0 amide bonds. The SMILES string of the molecule is COc1ccc(C(=O)[C@H]2CCc3ccccc3N2)cc1. The molecule has 0 bridgehead atoms. The van der Waals surface area contributed by atoms with Crippen molar-refractivity contribution in [1.82, 2.24) is 0 Å². The average molecular weight is 267 g/mol. The van der Waals surface area contributed by atoms with Crippen LogP contribution in [-0.4, -0.2) is 18.9 Å². The highest BCUT2D eigenvalue weighted by atomic mass is 16.5. The fourth-order valence-electron chi connectivity index (χ4n) is 2.59. The van der Waals surface area contributed by atoms with Gasteiger partial charge in [-0.2, -0.15) is 0 Å². The number of rotatable bonds is 3. The lowest BCUT2D eigenvalue weighted by Crippen LogP contribution is -2.33. The first-order valence-electron chi connectivity index (χ1n) is 6.80. The standard InChI is InChI=1S/C17H17NO2/c1-20-14-9-6-13(7-10-14)17(19)16-11-8-12-4-2-3-5-15(12)18-16/h2-7,9-10,16,18H,8,11H2,1H3/t16-/m1/s1. The molecule has 3 nitrogen and oxygen atoms in total. The van der Waals surface area contributed by atoms with Gasteiger partial charge in [-0.1, -0.05) is 18.2 Å². The largest absolute Gasteiger partial charge is 0.497 e. The summed E-state index contributed by atoms with van der Waals surface area (Å²) in [6, 6.07) is 15.3. The van der Waals surface area contributed by atoms with Crippen LogP contribution in [0.25, 0.3) is 0 Å². The Bertz CT molecular complexity index is 619. The quantitative estimate of drug-likeness (QED) is 0.867. The van der Waals surface area contributed by atoms with Gasteiger partial charge in [-0.25, -0.2) is 0 Å². The molecule has 1 atom stereocenters. The third-order valence-corrected chi connectivity index (χ3v) is 3.74. The van der Waals surface area contributed by atoms with Crippen LogP contribution in [-0.2, 0) is 6.42 Å². The first-order valence-corrected chi connectivity index (χ1v) is 6.80. The minimum Gasteiger partial charge on any atom is -0.497 e. The molecule has 102 valence electrons. The molecule has 1 aliphatic rings. The molecule has 2 aromatic carbocycles. The predicted molar refractivity (Wildman–Crippen MR) is 79.5 cm³/mol. The van der Waals surface area contributed by atoms with Gasteiger partial charge in [-0.15, -0.1) is 0 Å². The predicted octanol–water partition coefficient (Wildman–Crippen LogP) is 3.30. The molecule has 1 N–H and O–H groups in total. The Kier molecular flexibility index (Phi) is 3.42. The number of nitrogens with one attached hydrogen (secondary N) is 1. The van der Waals surface area contributed by atoms with E-state index in [-0.39, 0.29) is 11.8 Å². The number of carbonyl (C=O) groups is 1. The van der Waals surface area contributed by atoms with Crippen LogP contribution in [0.5, 0.6) is 5.75 Å². The minimum absolute atomic E-state index is 0.140. The molecule has 3 rings (SSSR count). The van der Waals surface area contributed by atoms with Gasteiger partial charge in [0.25, 0.3) is 0 Å². The van der Waals surface area contributed by atoms with E-state index in [9.17, 15) is 4.79 Å². The third-order valence-electron chi connectivity index (χ3n) is 3.74. The summed E-state index contributed by atoms with van der Waals surface area (Å²) in [5.74, 6) is 0.908. The van der Waals surface area contributed by atoms with E-state index in [0.717, 1.165) is 29.8 Å². The summed E-state index contributed by atoms with van der Waals surface area (Å²) in [5, 5.41) is 3.34. The molecule has 0 unspecified atom stereocenters. The Morgan fingerprint density at radius 2 is 1.90 bits per heavy atom. The summed E-state index contributed by atoms with van der Waals surface area (Å²) >= 11 is 0. The molecule has 1 aliphatic heterocycles. The number of fused-ring (bicyclic) bond motifs is 1. The number of methoxy groups -OCH3 is 1. The van der Waals surface area contributed by atoms with E-state index in [1.807, 2.05) is 42.5 Å². The Labute approximate surface area is 118 Å². The minimum atomic E-state index is -0.140. The number of carbonyl (C=O) groups excluding carboxylic acids is 1. The molecule has 0 saturated carbocycles. The van der Waals surface area contributed by atoms with Gasteiger partial charge in [0, 0.05) is 11.3 Å². The van der Waals surface area contributed by atoms with Crippen LogP contribution >= 0.6 is 0 Å². The van der Waals surface area contributed by atoms with E-state index < -0.39 is 0 Å². The fourth-order valence-corrected chi connectivity index (χ4v) is 2.59. The number of benzene rings is 2. The van der Waals surface area contributed by atoms with Gasteiger partial charge in [0.1, 0.15) is 5.75 Å². The van der Waals surface area contributed by atoms with Crippen molar-refractivity contribution >= 4 is 11.5 Å². The number of para-hydroxylation sites is 1. The smallest absolute Gasteiger partial charge is 0.185 e. The molecule has 0 aromatic heterocycles. The molecule has 0 fully saturated rings. The second kappa shape index (κ2) is 5.37. The van der Waals surface area contributed by atoms with E-state index in [0.29, 0.717) is 0 Å². The second-order valence-corrected chi connectivity index (χ2v) is 4.99. The normalized spacial score (nSPS) is 16.9. The number of hydrogen-bond acceptors (Lipinski definition) is 3. The number of Topliss-reactive ketones (excluding diaryl/α,β-unsaturated/α-hetero) is 1. The Hall–Kier alpha value is -2.29. The van der Waals surface area contributed by atoms with Gasteiger partial charge < -0.3 is 10.1 Å². The number of ether oxygens (including phenoxy) is 1. The van der Waals surface area contributed by atoms with Gasteiger partial charge in [0.05, 0.1) is 13.2 Å². The number of aryl methyl sites for hydroxylation is 1. The van der Waals surface area contributed by atoms with Gasteiger partial charge in [-0.05, 0) is 48.7 Å². The molecule has 20 heavy (non-hydrogen) atoms. The first kappa shape index (κ1) is 12.7. The summed E-state index contributed by atoms with van der Waals surface area (Å²) < 4.78 is 5.11. The maximum absolute atomic E-state index is 12.5. The van der Waals surface area contributed by atoms with E-state index in [4.69, 9.17) is 4.74 Å². The van der Waals surface area contributed by atoms with Crippen LogP contribution in [0.1, 0.15) is 22.3 Å². The van der Waals surface area contributed by atoms with Crippen LogP contribution in [0.4, 0.5) is 5.69 Å². The highest BCUT2D eigenvalue weighted by Crippen LogP contribution is 2.26. The maximum Gasteiger partial charge on any atom is 0.185 e. The average Bonchev–Trinajstić information content (AvgIpc) is 2.54. The maximum atomic E-state index is 12.5. The van der Waals surface area contributed by atoms with Crippen LogP contribution in [0.3, 0.4) is 0 Å². The number of anilines is 1. The lowest BCUT2D eigenvalue weighted by Gasteiger charge is -2.26. The van der Waals surface area contributed by atoms with Crippen LogP contribution in [0.15, 0.2) is 48.5 Å². The van der Waals surface area contributed by atoms with Gasteiger partial charge in [0.2, 0.25) is 0 Å². The van der Waals surface area contributed by atoms with E-state index in [2.05, 4.69) is 11.4 Å². The van der Waals surface area contributed by atoms with E-state index in [1.54, 1.807) is 7.11 Å². The fraction of sp³-hybridized carbons (Fsp3) is 0.235. The molecule has 3 heteroatoms. The van der Waals surface area contributed by atoms with Crippen molar-refractivity contribution in [3.8, 4) is 5.75 Å². The molecular formula is C17H17NO2. The molecule has 1 heterocycles. The third kappa shape index (κ3) is 2.39. The van der Waals surface area contributed by atoms with Crippen molar-refractivity contribution in [2.75, 3.05) is 12.4 Å². The monoisotopic (exact) mass is 267 g/mol. The molecule has 0 spiro atoms. The van der Waals surface area contributed by atoms with Crippen molar-refractivity contribution in [1.29, 1.82) is 0 Å². The second-order valence-electron chi connectivity index (χ2n) is 4.99. The first-order chi connectivity index (χ1) is 9.78. The molecule has 0 saturated heterocycles. The zero-order valence-electron chi connectivity index (χ0n) is 11.4. The van der Waals surface area contributed by atoms with E-state index in [1.165, 1.54) is 5.56 Å². The summed E-state index contributed by atoms with van der Waals surface area (Å²) in [7, 11) is 1.62. The highest BCUT2D eigenvalue weighted by molar-refractivity contribution is 6.02. The summed E-state index contributed by atoms with van der Waals surface area (Å²) in [4.78, 5) is 12.5. The lowest BCUT2D eigenvalue weighted by atomic mass is 9.93. The zero-order chi connectivity index (χ0) is 13.9. The Balaban J connectivity index is 1.78. The molecule has 0 radical (unpaired) electrons. The Morgan fingerprint density at radius 1 is 1.15 bits per heavy atom. The van der Waals surface area contributed by atoms with E-state index >= 15 is 0 Å². The highest BCUT2D eigenvalue weighted by Gasteiger charge is 2.24. The van der Waals surface area contributed by atoms with Crippen LogP contribution in [0.2, 0.25) is 0 Å². The van der Waals surface area contributed by atoms with Crippen molar-refractivity contribution < 1.29 is 9.53 Å². The number of ketones is 1. The van der Waals surface area contributed by atoms with Gasteiger partial charge in [0.15, 0.2) is 5.78 Å². The molecule has 2 aromatic rings. The zero-order valence-corrected chi connectivity index (χ0v) is 11.4.